The second kappa shape index (κ2) is 7.79. The topological polar surface area (TPSA) is 49.4 Å². The van der Waals surface area contributed by atoms with Crippen LogP contribution in [0.15, 0.2) is 29.0 Å². The quantitative estimate of drug-likeness (QED) is 0.713. The van der Waals surface area contributed by atoms with E-state index in [0.717, 1.165) is 17.8 Å². The van der Waals surface area contributed by atoms with Gasteiger partial charge in [0.1, 0.15) is 4.21 Å². The average molecular weight is 302 g/mol. The van der Waals surface area contributed by atoms with Gasteiger partial charge < -0.3 is 5.32 Å². The maximum absolute atomic E-state index is 12.5. The van der Waals surface area contributed by atoms with E-state index in [-0.39, 0.29) is 0 Å². The lowest BCUT2D eigenvalue weighted by atomic mass is 10.4. The van der Waals surface area contributed by atoms with Gasteiger partial charge in [-0.1, -0.05) is 19.9 Å². The Morgan fingerprint density at radius 3 is 2.74 bits per heavy atom. The van der Waals surface area contributed by atoms with Crippen molar-refractivity contribution in [1.82, 2.24) is 9.62 Å². The molecule has 0 spiro atoms. The molecule has 0 amide bonds. The van der Waals surface area contributed by atoms with Gasteiger partial charge in [0.25, 0.3) is 10.0 Å². The highest BCUT2D eigenvalue weighted by Gasteiger charge is 2.24. The first-order chi connectivity index (χ1) is 9.06. The molecule has 0 aliphatic heterocycles. The van der Waals surface area contributed by atoms with Crippen molar-refractivity contribution in [2.45, 2.75) is 31.0 Å². The summed E-state index contributed by atoms with van der Waals surface area (Å²) >= 11 is 1.33. The molecule has 6 heteroatoms. The molecule has 0 fully saturated rings. The molecule has 0 aromatic carbocycles. The van der Waals surface area contributed by atoms with Gasteiger partial charge in [0.05, 0.1) is 0 Å². The molecule has 0 saturated heterocycles. The third kappa shape index (κ3) is 4.42. The zero-order chi connectivity index (χ0) is 14.3. The lowest BCUT2D eigenvalue weighted by molar-refractivity contribution is 0.443. The molecule has 0 atom stereocenters. The zero-order valence-corrected chi connectivity index (χ0v) is 13.2. The van der Waals surface area contributed by atoms with Crippen molar-refractivity contribution in [2.75, 3.05) is 19.6 Å². The molecule has 108 valence electrons. The van der Waals surface area contributed by atoms with Gasteiger partial charge in [-0.2, -0.15) is 4.31 Å². The average Bonchev–Trinajstić information content (AvgIpc) is 2.85. The van der Waals surface area contributed by atoms with Gasteiger partial charge in [-0.15, -0.1) is 17.9 Å². The minimum absolute atomic E-state index is 0.358. The van der Waals surface area contributed by atoms with Gasteiger partial charge in [-0.05, 0) is 25.1 Å². The summed E-state index contributed by atoms with van der Waals surface area (Å²) in [4.78, 5) is 1.04. The number of nitrogens with one attached hydrogen (secondary N) is 1. The Bertz CT molecular complexity index is 494. The Hall–Kier alpha value is -0.690. The predicted octanol–water partition coefficient (Wildman–Crippen LogP) is 2.44. The van der Waals surface area contributed by atoms with Gasteiger partial charge in [0, 0.05) is 24.5 Å². The summed E-state index contributed by atoms with van der Waals surface area (Å²) < 4.78 is 26.8. The van der Waals surface area contributed by atoms with Gasteiger partial charge in [0.2, 0.25) is 0 Å². The number of nitrogens with zero attached hydrogens (tertiary/aromatic N) is 1. The maximum atomic E-state index is 12.5. The Labute approximate surface area is 120 Å². The lowest BCUT2D eigenvalue weighted by Crippen LogP contribution is -2.31. The first-order valence-corrected chi connectivity index (χ1v) is 8.72. The molecule has 1 aromatic heterocycles. The van der Waals surface area contributed by atoms with E-state index >= 15 is 0 Å². The van der Waals surface area contributed by atoms with Crippen LogP contribution in [0, 0.1) is 0 Å². The predicted molar refractivity (Wildman–Crippen MR) is 80.9 cm³/mol. The fraction of sp³-hybridized carbons (Fsp3) is 0.538. The summed E-state index contributed by atoms with van der Waals surface area (Å²) in [6.07, 6.45) is 2.42. The molecule has 1 rings (SSSR count). The highest BCUT2D eigenvalue weighted by molar-refractivity contribution is 7.91. The fourth-order valence-corrected chi connectivity index (χ4v) is 4.65. The smallest absolute Gasteiger partial charge is 0.252 e. The normalized spacial score (nSPS) is 11.9. The van der Waals surface area contributed by atoms with Crippen molar-refractivity contribution < 1.29 is 8.42 Å². The number of hydrogen-bond acceptors (Lipinski definition) is 4. The first-order valence-electron chi connectivity index (χ1n) is 6.46. The molecule has 1 heterocycles. The molecule has 0 saturated carbocycles. The Morgan fingerprint density at radius 2 is 2.16 bits per heavy atom. The van der Waals surface area contributed by atoms with Crippen LogP contribution >= 0.6 is 11.3 Å². The van der Waals surface area contributed by atoms with Gasteiger partial charge >= 0.3 is 0 Å². The first kappa shape index (κ1) is 16.4. The van der Waals surface area contributed by atoms with Crippen LogP contribution in [0.3, 0.4) is 0 Å². The molecule has 19 heavy (non-hydrogen) atoms. The van der Waals surface area contributed by atoms with E-state index in [1.165, 1.54) is 15.6 Å². The molecule has 0 radical (unpaired) electrons. The van der Waals surface area contributed by atoms with Gasteiger partial charge in [-0.25, -0.2) is 8.42 Å². The molecular formula is C13H22N2O2S2. The standard InChI is InChI=1S/C13H22N2O2S2/c1-4-9-15(10-5-2)19(16,17)13-8-7-12(18-13)11-14-6-3/h4,7-8,14H,1,5-6,9-11H2,2-3H3. The molecule has 0 unspecified atom stereocenters. The molecule has 4 nitrogen and oxygen atoms in total. The Kier molecular flexibility index (Phi) is 6.71. The van der Waals surface area contributed by atoms with E-state index in [2.05, 4.69) is 11.9 Å². The van der Waals surface area contributed by atoms with Crippen LogP contribution in [0.25, 0.3) is 0 Å². The molecule has 0 aliphatic rings. The third-order valence-electron chi connectivity index (χ3n) is 2.59. The van der Waals surface area contributed by atoms with Crippen LogP contribution in [-0.4, -0.2) is 32.4 Å². The van der Waals surface area contributed by atoms with Crippen LogP contribution in [0.4, 0.5) is 0 Å². The number of rotatable bonds is 9. The molecule has 0 bridgehead atoms. The van der Waals surface area contributed by atoms with E-state index in [9.17, 15) is 8.42 Å². The number of hydrogen-bond donors (Lipinski definition) is 1. The van der Waals surface area contributed by atoms with E-state index in [1.807, 2.05) is 19.9 Å². The van der Waals surface area contributed by atoms with Crippen LogP contribution in [-0.2, 0) is 16.6 Å². The Balaban J connectivity index is 2.90. The second-order valence-electron chi connectivity index (χ2n) is 4.15. The molecule has 1 N–H and O–H groups in total. The minimum atomic E-state index is -3.38. The monoisotopic (exact) mass is 302 g/mol. The van der Waals surface area contributed by atoms with E-state index in [0.29, 0.717) is 23.8 Å². The summed E-state index contributed by atoms with van der Waals surface area (Å²) in [6.45, 7) is 10.1. The van der Waals surface area contributed by atoms with Crippen LogP contribution in [0.1, 0.15) is 25.1 Å². The second-order valence-corrected chi connectivity index (χ2v) is 7.49. The molecule has 0 aliphatic carbocycles. The molecular weight excluding hydrogens is 280 g/mol. The van der Waals surface area contributed by atoms with Crippen LogP contribution in [0.2, 0.25) is 0 Å². The summed E-state index contributed by atoms with van der Waals surface area (Å²) in [6, 6.07) is 3.57. The van der Waals surface area contributed by atoms with Crippen LogP contribution < -0.4 is 5.32 Å². The van der Waals surface area contributed by atoms with Crippen molar-refractivity contribution in [3.63, 3.8) is 0 Å². The fourth-order valence-electron chi connectivity index (χ4n) is 1.67. The molecule has 1 aromatic rings. The lowest BCUT2D eigenvalue weighted by Gasteiger charge is -2.18. The summed E-state index contributed by atoms with van der Waals surface area (Å²) in [5, 5.41) is 3.19. The van der Waals surface area contributed by atoms with Crippen molar-refractivity contribution >= 4 is 21.4 Å². The summed E-state index contributed by atoms with van der Waals surface area (Å²) in [5.41, 5.74) is 0. The van der Waals surface area contributed by atoms with Crippen molar-refractivity contribution in [1.29, 1.82) is 0 Å². The van der Waals surface area contributed by atoms with Gasteiger partial charge in [0.15, 0.2) is 0 Å². The van der Waals surface area contributed by atoms with Crippen molar-refractivity contribution in [3.8, 4) is 0 Å². The SMILES string of the molecule is C=CCN(CCC)S(=O)(=O)c1ccc(CNCC)s1. The number of thiophene rings is 1. The maximum Gasteiger partial charge on any atom is 0.252 e. The minimum Gasteiger partial charge on any atom is -0.312 e. The highest BCUT2D eigenvalue weighted by Crippen LogP contribution is 2.25. The number of sulfonamides is 1. The Morgan fingerprint density at radius 1 is 1.42 bits per heavy atom. The van der Waals surface area contributed by atoms with Crippen molar-refractivity contribution in [2.24, 2.45) is 0 Å². The summed E-state index contributed by atoms with van der Waals surface area (Å²) in [5.74, 6) is 0. The highest BCUT2D eigenvalue weighted by atomic mass is 32.2. The largest absolute Gasteiger partial charge is 0.312 e. The van der Waals surface area contributed by atoms with Crippen molar-refractivity contribution in [3.05, 3.63) is 29.7 Å². The van der Waals surface area contributed by atoms with Gasteiger partial charge in [-0.3, -0.25) is 0 Å². The zero-order valence-electron chi connectivity index (χ0n) is 11.6. The van der Waals surface area contributed by atoms with E-state index in [1.54, 1.807) is 12.1 Å². The van der Waals surface area contributed by atoms with E-state index in [4.69, 9.17) is 0 Å². The third-order valence-corrected chi connectivity index (χ3v) is 6.00. The van der Waals surface area contributed by atoms with Crippen LogP contribution in [0.5, 0.6) is 0 Å². The summed E-state index contributed by atoms with van der Waals surface area (Å²) in [7, 11) is -3.38. The van der Waals surface area contributed by atoms with E-state index < -0.39 is 10.0 Å².